The van der Waals surface area contributed by atoms with Crippen LogP contribution in [0.5, 0.6) is 5.75 Å². The van der Waals surface area contributed by atoms with E-state index in [1.54, 1.807) is 6.92 Å². The maximum absolute atomic E-state index is 11.9. The quantitative estimate of drug-likeness (QED) is 0.839. The maximum atomic E-state index is 11.9. The van der Waals surface area contributed by atoms with Crippen molar-refractivity contribution in [3.05, 3.63) is 28.8 Å². The van der Waals surface area contributed by atoms with Gasteiger partial charge in [0.1, 0.15) is 5.75 Å². The predicted molar refractivity (Wildman–Crippen MR) is 70.4 cm³/mol. The molecule has 94 valence electrons. The Morgan fingerprint density at radius 1 is 1.41 bits per heavy atom. The standard InChI is InChI=1S/C11H12Cl3NO2/c1-11(5-12,6-13)15-10(17)8-4-7(14)2-3-9(8)16/h2-4,16H,5-6H2,1H3,(H,15,17). The van der Waals surface area contributed by atoms with Gasteiger partial charge in [0.05, 0.1) is 11.1 Å². The monoisotopic (exact) mass is 295 g/mol. The Bertz CT molecular complexity index is 419. The van der Waals surface area contributed by atoms with Crippen LogP contribution >= 0.6 is 34.8 Å². The molecule has 1 aromatic carbocycles. The number of halogens is 3. The molecule has 1 aromatic rings. The summed E-state index contributed by atoms with van der Waals surface area (Å²) in [6.45, 7) is 1.71. The molecule has 6 heteroatoms. The number of carbonyl (C=O) groups is 1. The number of rotatable bonds is 4. The summed E-state index contributed by atoms with van der Waals surface area (Å²) >= 11 is 17.2. The van der Waals surface area contributed by atoms with Crippen LogP contribution in [0.25, 0.3) is 0 Å². The van der Waals surface area contributed by atoms with Crippen LogP contribution in [0, 0.1) is 0 Å². The molecule has 0 saturated heterocycles. The third kappa shape index (κ3) is 3.66. The molecule has 0 radical (unpaired) electrons. The number of phenols is 1. The zero-order valence-electron chi connectivity index (χ0n) is 9.14. The van der Waals surface area contributed by atoms with Crippen molar-refractivity contribution in [3.8, 4) is 5.75 Å². The Morgan fingerprint density at radius 3 is 2.53 bits per heavy atom. The minimum Gasteiger partial charge on any atom is -0.507 e. The van der Waals surface area contributed by atoms with E-state index in [4.69, 9.17) is 34.8 Å². The summed E-state index contributed by atoms with van der Waals surface area (Å²) in [6.07, 6.45) is 0. The van der Waals surface area contributed by atoms with E-state index in [1.807, 2.05) is 0 Å². The van der Waals surface area contributed by atoms with Gasteiger partial charge in [0, 0.05) is 16.8 Å². The third-order valence-electron chi connectivity index (χ3n) is 2.21. The number of benzene rings is 1. The van der Waals surface area contributed by atoms with Crippen LogP contribution in [-0.4, -0.2) is 28.3 Å². The number of aromatic hydroxyl groups is 1. The maximum Gasteiger partial charge on any atom is 0.255 e. The Labute approximate surface area is 115 Å². The van der Waals surface area contributed by atoms with Crippen LogP contribution < -0.4 is 5.32 Å². The molecular weight excluding hydrogens is 284 g/mol. The fourth-order valence-electron chi connectivity index (χ4n) is 1.13. The van der Waals surface area contributed by atoms with Crippen molar-refractivity contribution in [3.63, 3.8) is 0 Å². The normalized spacial score (nSPS) is 11.3. The Kier molecular flexibility index (Phi) is 4.92. The second-order valence-corrected chi connectivity index (χ2v) is 4.91. The number of hydrogen-bond donors (Lipinski definition) is 2. The summed E-state index contributed by atoms with van der Waals surface area (Å²) in [5, 5.41) is 12.6. The lowest BCUT2D eigenvalue weighted by Gasteiger charge is -2.26. The first-order valence-electron chi connectivity index (χ1n) is 4.85. The number of nitrogens with one attached hydrogen (secondary N) is 1. The van der Waals surface area contributed by atoms with E-state index in [-0.39, 0.29) is 23.1 Å². The molecule has 0 heterocycles. The second kappa shape index (κ2) is 5.80. The fourth-order valence-corrected chi connectivity index (χ4v) is 1.73. The van der Waals surface area contributed by atoms with Gasteiger partial charge < -0.3 is 10.4 Å². The van der Waals surface area contributed by atoms with Crippen LogP contribution in [0.1, 0.15) is 17.3 Å². The summed E-state index contributed by atoms with van der Waals surface area (Å²) in [4.78, 5) is 11.9. The Balaban J connectivity index is 2.94. The highest BCUT2D eigenvalue weighted by molar-refractivity contribution is 6.31. The largest absolute Gasteiger partial charge is 0.507 e. The highest BCUT2D eigenvalue weighted by Crippen LogP contribution is 2.22. The van der Waals surface area contributed by atoms with Crippen molar-refractivity contribution < 1.29 is 9.90 Å². The van der Waals surface area contributed by atoms with Crippen LogP contribution in [0.15, 0.2) is 18.2 Å². The molecule has 2 N–H and O–H groups in total. The molecule has 0 bridgehead atoms. The van der Waals surface area contributed by atoms with E-state index in [0.29, 0.717) is 5.02 Å². The molecule has 0 unspecified atom stereocenters. The molecule has 0 fully saturated rings. The average Bonchev–Trinajstić information content (AvgIpc) is 2.32. The summed E-state index contributed by atoms with van der Waals surface area (Å²) < 4.78 is 0. The lowest BCUT2D eigenvalue weighted by atomic mass is 10.1. The van der Waals surface area contributed by atoms with Crippen LogP contribution in [0.4, 0.5) is 0 Å². The van der Waals surface area contributed by atoms with Gasteiger partial charge >= 0.3 is 0 Å². The summed E-state index contributed by atoms with van der Waals surface area (Å²) in [6, 6.07) is 4.24. The van der Waals surface area contributed by atoms with Crippen LogP contribution in [0.3, 0.4) is 0 Å². The van der Waals surface area contributed by atoms with E-state index in [0.717, 1.165) is 0 Å². The van der Waals surface area contributed by atoms with Crippen molar-refractivity contribution in [2.45, 2.75) is 12.5 Å². The van der Waals surface area contributed by atoms with Gasteiger partial charge in [-0.1, -0.05) is 11.6 Å². The first-order chi connectivity index (χ1) is 7.91. The van der Waals surface area contributed by atoms with Gasteiger partial charge in [-0.05, 0) is 25.1 Å². The second-order valence-electron chi connectivity index (χ2n) is 3.94. The predicted octanol–water partition coefficient (Wildman–Crippen LogP) is 3.01. The summed E-state index contributed by atoms with van der Waals surface area (Å²) in [7, 11) is 0. The van der Waals surface area contributed by atoms with Gasteiger partial charge in [-0.25, -0.2) is 0 Å². The minimum atomic E-state index is -0.727. The minimum absolute atomic E-state index is 0.0963. The first kappa shape index (κ1) is 14.4. The van der Waals surface area contributed by atoms with Crippen LogP contribution in [0.2, 0.25) is 5.02 Å². The SMILES string of the molecule is CC(CCl)(CCl)NC(=O)c1cc(Cl)ccc1O. The van der Waals surface area contributed by atoms with E-state index in [9.17, 15) is 9.90 Å². The van der Waals surface area contributed by atoms with Gasteiger partial charge in [0.15, 0.2) is 0 Å². The molecule has 1 amide bonds. The number of alkyl halides is 2. The molecule has 0 saturated carbocycles. The average molecular weight is 297 g/mol. The molecule has 0 aliphatic carbocycles. The van der Waals surface area contributed by atoms with Crippen LogP contribution in [-0.2, 0) is 0 Å². The van der Waals surface area contributed by atoms with Crippen molar-refractivity contribution in [1.82, 2.24) is 5.32 Å². The van der Waals surface area contributed by atoms with Gasteiger partial charge in [0.25, 0.3) is 5.91 Å². The molecular formula is C11H12Cl3NO2. The molecule has 0 spiro atoms. The Hall–Kier alpha value is -0.640. The summed E-state index contributed by atoms with van der Waals surface area (Å²) in [5.41, 5.74) is -0.631. The van der Waals surface area contributed by atoms with Gasteiger partial charge in [-0.15, -0.1) is 23.2 Å². The molecule has 0 aromatic heterocycles. The molecule has 3 nitrogen and oxygen atoms in total. The van der Waals surface area contributed by atoms with Gasteiger partial charge in [-0.3, -0.25) is 4.79 Å². The van der Waals surface area contributed by atoms with Gasteiger partial charge in [-0.2, -0.15) is 0 Å². The van der Waals surface area contributed by atoms with Crippen molar-refractivity contribution in [2.75, 3.05) is 11.8 Å². The molecule has 0 atom stereocenters. The zero-order chi connectivity index (χ0) is 13.1. The molecule has 0 aliphatic heterocycles. The lowest BCUT2D eigenvalue weighted by molar-refractivity contribution is 0.0918. The number of hydrogen-bond acceptors (Lipinski definition) is 2. The van der Waals surface area contributed by atoms with Crippen molar-refractivity contribution in [2.24, 2.45) is 0 Å². The van der Waals surface area contributed by atoms with Crippen molar-refractivity contribution in [1.29, 1.82) is 0 Å². The number of phenolic OH excluding ortho intramolecular Hbond substituents is 1. The zero-order valence-corrected chi connectivity index (χ0v) is 11.4. The highest BCUT2D eigenvalue weighted by Gasteiger charge is 2.26. The van der Waals surface area contributed by atoms with E-state index < -0.39 is 11.4 Å². The number of amides is 1. The van der Waals surface area contributed by atoms with Gasteiger partial charge in [0.2, 0.25) is 0 Å². The highest BCUT2D eigenvalue weighted by atomic mass is 35.5. The molecule has 17 heavy (non-hydrogen) atoms. The molecule has 1 rings (SSSR count). The van der Waals surface area contributed by atoms with Crippen molar-refractivity contribution >= 4 is 40.7 Å². The first-order valence-corrected chi connectivity index (χ1v) is 6.29. The number of carbonyl (C=O) groups excluding carboxylic acids is 1. The molecule has 0 aliphatic rings. The topological polar surface area (TPSA) is 49.3 Å². The summed E-state index contributed by atoms with van der Waals surface area (Å²) in [5.74, 6) is -0.264. The Morgan fingerprint density at radius 2 is 2.00 bits per heavy atom. The van der Waals surface area contributed by atoms with E-state index in [1.165, 1.54) is 18.2 Å². The van der Waals surface area contributed by atoms with E-state index in [2.05, 4.69) is 5.32 Å². The van der Waals surface area contributed by atoms with E-state index >= 15 is 0 Å². The smallest absolute Gasteiger partial charge is 0.255 e. The third-order valence-corrected chi connectivity index (χ3v) is 3.62. The fraction of sp³-hybridized carbons (Fsp3) is 0.364. The lowest BCUT2D eigenvalue weighted by Crippen LogP contribution is -2.49.